The highest BCUT2D eigenvalue weighted by molar-refractivity contribution is 8.00. The van der Waals surface area contributed by atoms with Gasteiger partial charge in [-0.15, -0.1) is 11.8 Å². The summed E-state index contributed by atoms with van der Waals surface area (Å²) in [6, 6.07) is 24.1. The van der Waals surface area contributed by atoms with Crippen molar-refractivity contribution in [1.82, 2.24) is 10.2 Å². The van der Waals surface area contributed by atoms with Crippen LogP contribution in [0.1, 0.15) is 18.1 Å². The van der Waals surface area contributed by atoms with E-state index in [0.717, 1.165) is 16.0 Å². The Kier molecular flexibility index (Phi) is 9.86. The molecule has 3 aromatic rings. The summed E-state index contributed by atoms with van der Waals surface area (Å²) in [5.41, 5.74) is 1.89. The highest BCUT2D eigenvalue weighted by Crippen LogP contribution is 2.23. The highest BCUT2D eigenvalue weighted by Gasteiger charge is 2.30. The normalized spacial score (nSPS) is 11.5. The number of carbonyl (C=O) groups excluding carboxylic acids is 2. The topological polar surface area (TPSA) is 58.6 Å². The Hall–Kier alpha value is -2.96. The van der Waals surface area contributed by atoms with Crippen LogP contribution in [0.2, 0.25) is 5.02 Å². The minimum Gasteiger partial charge on any atom is -0.497 e. The summed E-state index contributed by atoms with van der Waals surface area (Å²) < 4.78 is 5.36. The van der Waals surface area contributed by atoms with Crippen molar-refractivity contribution in [3.05, 3.63) is 95.0 Å². The average Bonchev–Trinajstić information content (AvgIpc) is 2.86. The van der Waals surface area contributed by atoms with E-state index in [9.17, 15) is 9.59 Å². The quantitative estimate of drug-likeness (QED) is 0.370. The number of ether oxygens (including phenoxy) is 1. The zero-order valence-electron chi connectivity index (χ0n) is 19.4. The molecule has 5 nitrogen and oxygen atoms in total. The van der Waals surface area contributed by atoms with Gasteiger partial charge in [-0.3, -0.25) is 9.59 Å². The van der Waals surface area contributed by atoms with Crippen LogP contribution >= 0.6 is 23.4 Å². The van der Waals surface area contributed by atoms with Crippen LogP contribution in [0.4, 0.5) is 0 Å². The van der Waals surface area contributed by atoms with Gasteiger partial charge in [0.1, 0.15) is 11.8 Å². The van der Waals surface area contributed by atoms with Crippen LogP contribution in [0, 0.1) is 0 Å². The standard InChI is InChI=1S/C27H29ClN2O3S/c1-3-29-27(32)25(17-20-8-5-4-6-9-20)30(18-21-10-7-11-23(16-21)33-2)26(31)19-34-24-14-12-22(28)13-15-24/h4-16,25H,3,17-19H2,1-2H3,(H,29,32)/t25-/m1/s1. The smallest absolute Gasteiger partial charge is 0.243 e. The number of methoxy groups -OCH3 is 1. The third kappa shape index (κ3) is 7.54. The predicted octanol–water partition coefficient (Wildman–Crippen LogP) is 5.22. The molecule has 0 aliphatic carbocycles. The summed E-state index contributed by atoms with van der Waals surface area (Å²) in [7, 11) is 1.61. The number of nitrogens with zero attached hydrogens (tertiary/aromatic N) is 1. The van der Waals surface area contributed by atoms with Gasteiger partial charge in [0.25, 0.3) is 0 Å². The number of hydrogen-bond acceptors (Lipinski definition) is 4. The fraction of sp³-hybridized carbons (Fsp3) is 0.259. The molecule has 0 aliphatic heterocycles. The molecule has 178 valence electrons. The van der Waals surface area contributed by atoms with Crippen LogP contribution in [0.3, 0.4) is 0 Å². The number of benzene rings is 3. The fourth-order valence-corrected chi connectivity index (χ4v) is 4.48. The Labute approximate surface area is 210 Å². The van der Waals surface area contributed by atoms with E-state index in [1.807, 2.05) is 73.7 Å². The highest BCUT2D eigenvalue weighted by atomic mass is 35.5. The van der Waals surface area contributed by atoms with Crippen molar-refractivity contribution < 1.29 is 14.3 Å². The molecule has 0 heterocycles. The Bertz CT molecular complexity index is 1080. The van der Waals surface area contributed by atoms with E-state index in [1.165, 1.54) is 11.8 Å². The van der Waals surface area contributed by atoms with E-state index in [2.05, 4.69) is 5.32 Å². The maximum Gasteiger partial charge on any atom is 0.243 e. The lowest BCUT2D eigenvalue weighted by Crippen LogP contribution is -2.51. The molecule has 0 saturated heterocycles. The molecule has 1 N–H and O–H groups in total. The summed E-state index contributed by atoms with van der Waals surface area (Å²) in [6.07, 6.45) is 0.425. The van der Waals surface area contributed by atoms with Gasteiger partial charge in [0.05, 0.1) is 12.9 Å². The van der Waals surface area contributed by atoms with Crippen molar-refractivity contribution in [2.24, 2.45) is 0 Å². The molecule has 7 heteroatoms. The summed E-state index contributed by atoms with van der Waals surface area (Å²) >= 11 is 7.41. The van der Waals surface area contributed by atoms with Gasteiger partial charge >= 0.3 is 0 Å². The number of likely N-dealkylation sites (N-methyl/N-ethyl adjacent to an activating group) is 1. The SMILES string of the molecule is CCNC(=O)[C@@H](Cc1ccccc1)N(Cc1cccc(OC)c1)C(=O)CSc1ccc(Cl)cc1. The first-order chi connectivity index (χ1) is 16.5. The van der Waals surface area contributed by atoms with Crippen LogP contribution in [0.15, 0.2) is 83.8 Å². The van der Waals surface area contributed by atoms with Gasteiger partial charge in [0.2, 0.25) is 11.8 Å². The van der Waals surface area contributed by atoms with Crippen LogP contribution in [-0.4, -0.2) is 42.2 Å². The predicted molar refractivity (Wildman–Crippen MR) is 138 cm³/mol. The second-order valence-electron chi connectivity index (χ2n) is 7.72. The number of carbonyl (C=O) groups is 2. The van der Waals surface area contributed by atoms with Crippen LogP contribution in [0.25, 0.3) is 0 Å². The molecule has 3 aromatic carbocycles. The first-order valence-electron chi connectivity index (χ1n) is 11.1. The third-order valence-corrected chi connectivity index (χ3v) is 6.53. The average molecular weight is 497 g/mol. The molecule has 34 heavy (non-hydrogen) atoms. The van der Waals surface area contributed by atoms with E-state index in [4.69, 9.17) is 16.3 Å². The molecule has 0 saturated carbocycles. The molecule has 0 aliphatic rings. The first kappa shape index (κ1) is 25.7. The van der Waals surface area contributed by atoms with Crippen LogP contribution in [0.5, 0.6) is 5.75 Å². The van der Waals surface area contributed by atoms with Gasteiger partial charge in [-0.05, 0) is 54.4 Å². The van der Waals surface area contributed by atoms with Gasteiger partial charge in [-0.2, -0.15) is 0 Å². The Morgan fingerprint density at radius 1 is 1.00 bits per heavy atom. The maximum atomic E-state index is 13.6. The van der Waals surface area contributed by atoms with Crippen LogP contribution in [-0.2, 0) is 22.6 Å². The third-order valence-electron chi connectivity index (χ3n) is 5.29. The zero-order valence-corrected chi connectivity index (χ0v) is 20.9. The molecule has 2 amide bonds. The monoisotopic (exact) mass is 496 g/mol. The van der Waals surface area contributed by atoms with Gasteiger partial charge in [0, 0.05) is 29.4 Å². The largest absolute Gasteiger partial charge is 0.497 e. The van der Waals surface area contributed by atoms with Crippen molar-refractivity contribution in [3.63, 3.8) is 0 Å². The van der Waals surface area contributed by atoms with Crippen molar-refractivity contribution >= 4 is 35.2 Å². The number of thioether (sulfide) groups is 1. The van der Waals surface area contributed by atoms with Crippen molar-refractivity contribution in [2.45, 2.75) is 30.8 Å². The molecule has 0 fully saturated rings. The number of halogens is 1. The second kappa shape index (κ2) is 13.1. The van der Waals surface area contributed by atoms with Crippen molar-refractivity contribution in [2.75, 3.05) is 19.4 Å². The Balaban J connectivity index is 1.89. The number of rotatable bonds is 11. The van der Waals surface area contributed by atoms with Crippen molar-refractivity contribution in [3.8, 4) is 5.75 Å². The molecule has 3 rings (SSSR count). The van der Waals surface area contributed by atoms with E-state index in [-0.39, 0.29) is 17.6 Å². The van der Waals surface area contributed by atoms with Gasteiger partial charge < -0.3 is 15.0 Å². The Morgan fingerprint density at radius 2 is 1.71 bits per heavy atom. The molecule has 0 spiro atoms. The molecule has 0 radical (unpaired) electrons. The molecule has 0 aromatic heterocycles. The Morgan fingerprint density at radius 3 is 2.38 bits per heavy atom. The lowest BCUT2D eigenvalue weighted by Gasteiger charge is -2.31. The second-order valence-corrected chi connectivity index (χ2v) is 9.20. The van der Waals surface area contributed by atoms with Gasteiger partial charge in [-0.25, -0.2) is 0 Å². The molecular weight excluding hydrogens is 468 g/mol. The van der Waals surface area contributed by atoms with Gasteiger partial charge in [-0.1, -0.05) is 54.1 Å². The van der Waals surface area contributed by atoms with E-state index in [0.29, 0.717) is 30.3 Å². The lowest BCUT2D eigenvalue weighted by molar-refractivity contribution is -0.139. The summed E-state index contributed by atoms with van der Waals surface area (Å²) in [5, 5.41) is 3.56. The fourth-order valence-electron chi connectivity index (χ4n) is 3.57. The first-order valence-corrected chi connectivity index (χ1v) is 12.5. The minimum atomic E-state index is -0.646. The number of amides is 2. The molecule has 1 atom stereocenters. The zero-order chi connectivity index (χ0) is 24.3. The van der Waals surface area contributed by atoms with Crippen molar-refractivity contribution in [1.29, 1.82) is 0 Å². The van der Waals surface area contributed by atoms with Gasteiger partial charge in [0.15, 0.2) is 0 Å². The van der Waals surface area contributed by atoms with Crippen LogP contribution < -0.4 is 10.1 Å². The van der Waals surface area contributed by atoms with E-state index >= 15 is 0 Å². The summed E-state index contributed by atoms with van der Waals surface area (Å²) in [5.74, 6) is 0.628. The number of hydrogen-bond donors (Lipinski definition) is 1. The summed E-state index contributed by atoms with van der Waals surface area (Å²) in [4.78, 5) is 29.3. The summed E-state index contributed by atoms with van der Waals surface area (Å²) in [6.45, 7) is 2.67. The van der Waals surface area contributed by atoms with E-state index in [1.54, 1.807) is 24.1 Å². The lowest BCUT2D eigenvalue weighted by atomic mass is 10.0. The van der Waals surface area contributed by atoms with E-state index < -0.39 is 6.04 Å². The number of nitrogens with one attached hydrogen (secondary N) is 1. The molecule has 0 unspecified atom stereocenters. The minimum absolute atomic E-state index is 0.116. The maximum absolute atomic E-state index is 13.6. The molecule has 0 bridgehead atoms. The molecular formula is C27H29ClN2O3S.